The fourth-order valence-corrected chi connectivity index (χ4v) is 1.94. The van der Waals surface area contributed by atoms with Gasteiger partial charge in [-0.3, -0.25) is 9.59 Å². The Balaban J connectivity index is 2.44. The minimum absolute atomic E-state index is 0.0105. The van der Waals surface area contributed by atoms with Crippen LogP contribution in [0, 0.1) is 0 Å². The van der Waals surface area contributed by atoms with E-state index >= 15 is 0 Å². The molecule has 5 heteroatoms. The fourth-order valence-electron chi connectivity index (χ4n) is 1.94. The highest BCUT2D eigenvalue weighted by Gasteiger charge is 2.41. The quantitative estimate of drug-likeness (QED) is 0.689. The normalized spacial score (nSPS) is 24.3. The molecule has 0 aromatic rings. The summed E-state index contributed by atoms with van der Waals surface area (Å²) in [5.74, 6) is -0.101. The Labute approximate surface area is 109 Å². The van der Waals surface area contributed by atoms with Crippen molar-refractivity contribution in [3.8, 4) is 0 Å². The Kier molecular flexibility index (Phi) is 5.59. The number of carbonyl (C=O) groups is 2. The molecule has 1 heterocycles. The largest absolute Gasteiger partial charge is 0.380 e. The van der Waals surface area contributed by atoms with Crippen molar-refractivity contribution in [2.45, 2.75) is 45.6 Å². The average molecular weight is 256 g/mol. The van der Waals surface area contributed by atoms with Gasteiger partial charge in [-0.25, -0.2) is 0 Å². The van der Waals surface area contributed by atoms with Crippen molar-refractivity contribution in [2.75, 3.05) is 26.3 Å². The van der Waals surface area contributed by atoms with Gasteiger partial charge in [-0.15, -0.1) is 0 Å². The molecule has 1 unspecified atom stereocenters. The van der Waals surface area contributed by atoms with Crippen molar-refractivity contribution in [1.29, 1.82) is 0 Å². The Morgan fingerprint density at radius 2 is 2.06 bits per heavy atom. The minimum Gasteiger partial charge on any atom is -0.380 e. The van der Waals surface area contributed by atoms with Gasteiger partial charge >= 0.3 is 0 Å². The first-order chi connectivity index (χ1) is 8.53. The molecule has 0 saturated carbocycles. The van der Waals surface area contributed by atoms with E-state index < -0.39 is 5.54 Å². The molecule has 1 aliphatic heterocycles. The predicted molar refractivity (Wildman–Crippen MR) is 69.1 cm³/mol. The average Bonchev–Trinajstić information content (AvgIpc) is 2.34. The second-order valence-corrected chi connectivity index (χ2v) is 4.93. The lowest BCUT2D eigenvalue weighted by molar-refractivity contribution is -0.150. The third-order valence-electron chi connectivity index (χ3n) is 3.36. The summed E-state index contributed by atoms with van der Waals surface area (Å²) in [6.07, 6.45) is 2.73. The van der Waals surface area contributed by atoms with E-state index in [4.69, 9.17) is 4.74 Å². The number of hydrogen-bond donors (Lipinski definition) is 1. The number of nitrogens with one attached hydrogen (secondary N) is 1. The van der Waals surface area contributed by atoms with E-state index in [0.29, 0.717) is 19.6 Å². The van der Waals surface area contributed by atoms with Gasteiger partial charge in [0, 0.05) is 13.2 Å². The van der Waals surface area contributed by atoms with E-state index in [1.54, 1.807) is 11.8 Å². The Bertz CT molecular complexity index is 307. The third-order valence-corrected chi connectivity index (χ3v) is 3.36. The molecule has 0 aliphatic carbocycles. The first-order valence-electron chi connectivity index (χ1n) is 6.71. The maximum Gasteiger partial charge on any atom is 0.248 e. The molecule has 0 aromatic carbocycles. The number of hydrogen-bond acceptors (Lipinski definition) is 3. The Hall–Kier alpha value is -1.10. The Morgan fingerprint density at radius 3 is 2.67 bits per heavy atom. The molecule has 1 saturated heterocycles. The van der Waals surface area contributed by atoms with Crippen LogP contribution in [0.5, 0.6) is 0 Å². The number of nitrogens with zero attached hydrogens (tertiary/aromatic N) is 1. The van der Waals surface area contributed by atoms with Crippen molar-refractivity contribution < 1.29 is 14.3 Å². The summed E-state index contributed by atoms with van der Waals surface area (Å²) in [4.78, 5) is 25.4. The molecule has 18 heavy (non-hydrogen) atoms. The lowest BCUT2D eigenvalue weighted by Crippen LogP contribution is -2.65. The minimum atomic E-state index is -0.751. The van der Waals surface area contributed by atoms with Crippen LogP contribution in [0.25, 0.3) is 0 Å². The summed E-state index contributed by atoms with van der Waals surface area (Å²) in [5.41, 5.74) is -0.751. The lowest BCUT2D eigenvalue weighted by atomic mass is 9.94. The zero-order valence-corrected chi connectivity index (χ0v) is 11.6. The number of unbranched alkanes of at least 4 members (excludes halogenated alkanes) is 1. The summed E-state index contributed by atoms with van der Waals surface area (Å²) in [5, 5.41) is 2.76. The summed E-state index contributed by atoms with van der Waals surface area (Å²) < 4.78 is 5.44. The van der Waals surface area contributed by atoms with Gasteiger partial charge in [0.1, 0.15) is 5.54 Å². The molecule has 0 bridgehead atoms. The van der Waals surface area contributed by atoms with Gasteiger partial charge in [0.2, 0.25) is 11.8 Å². The first kappa shape index (κ1) is 15.0. The smallest absolute Gasteiger partial charge is 0.248 e. The van der Waals surface area contributed by atoms with Gasteiger partial charge < -0.3 is 15.0 Å². The topological polar surface area (TPSA) is 58.6 Å². The zero-order chi connectivity index (χ0) is 13.6. The summed E-state index contributed by atoms with van der Waals surface area (Å²) in [6, 6.07) is 0. The second-order valence-electron chi connectivity index (χ2n) is 4.93. The highest BCUT2D eigenvalue weighted by atomic mass is 16.5. The van der Waals surface area contributed by atoms with Crippen LogP contribution in [0.15, 0.2) is 0 Å². The molecule has 0 radical (unpaired) electrons. The molecule has 1 aliphatic rings. The maximum absolute atomic E-state index is 12.2. The molecule has 0 aromatic heterocycles. The van der Waals surface area contributed by atoms with Gasteiger partial charge in [-0.2, -0.15) is 0 Å². The van der Waals surface area contributed by atoms with E-state index in [0.717, 1.165) is 19.4 Å². The van der Waals surface area contributed by atoms with E-state index in [1.165, 1.54) is 0 Å². The molecule has 1 rings (SSSR count). The van der Waals surface area contributed by atoms with E-state index in [-0.39, 0.29) is 18.4 Å². The highest BCUT2D eigenvalue weighted by molar-refractivity contribution is 5.97. The van der Waals surface area contributed by atoms with Crippen molar-refractivity contribution >= 4 is 11.8 Å². The molecule has 2 amide bonds. The van der Waals surface area contributed by atoms with E-state index in [2.05, 4.69) is 12.2 Å². The third kappa shape index (κ3) is 3.70. The number of piperazine rings is 1. The van der Waals surface area contributed by atoms with Crippen LogP contribution in [0.3, 0.4) is 0 Å². The van der Waals surface area contributed by atoms with Gasteiger partial charge in [-0.1, -0.05) is 20.3 Å². The first-order valence-corrected chi connectivity index (χ1v) is 6.71. The zero-order valence-electron chi connectivity index (χ0n) is 11.6. The molecular formula is C13H24N2O3. The SMILES string of the molecule is CCCCOCCN1CC(=O)NC(C)(CC)C1=O. The van der Waals surface area contributed by atoms with E-state index in [1.807, 2.05) is 6.92 Å². The number of amides is 2. The molecule has 0 spiro atoms. The fraction of sp³-hybridized carbons (Fsp3) is 0.846. The van der Waals surface area contributed by atoms with Crippen molar-refractivity contribution in [3.63, 3.8) is 0 Å². The summed E-state index contributed by atoms with van der Waals surface area (Å²) >= 11 is 0. The van der Waals surface area contributed by atoms with Crippen LogP contribution >= 0.6 is 0 Å². The second kappa shape index (κ2) is 6.73. The van der Waals surface area contributed by atoms with Crippen molar-refractivity contribution in [2.24, 2.45) is 0 Å². The van der Waals surface area contributed by atoms with Crippen molar-refractivity contribution in [1.82, 2.24) is 10.2 Å². The van der Waals surface area contributed by atoms with Gasteiger partial charge in [0.25, 0.3) is 0 Å². The molecule has 1 atom stereocenters. The lowest BCUT2D eigenvalue weighted by Gasteiger charge is -2.39. The van der Waals surface area contributed by atoms with Gasteiger partial charge in [0.15, 0.2) is 0 Å². The standard InChI is InChI=1S/C13H24N2O3/c1-4-6-8-18-9-7-15-10-11(16)14-13(3,5-2)12(15)17/h4-10H2,1-3H3,(H,14,16). The van der Waals surface area contributed by atoms with Crippen LogP contribution in [0.2, 0.25) is 0 Å². The molecular weight excluding hydrogens is 232 g/mol. The van der Waals surface area contributed by atoms with Gasteiger partial charge in [0.05, 0.1) is 13.2 Å². The van der Waals surface area contributed by atoms with Crippen LogP contribution in [0.4, 0.5) is 0 Å². The van der Waals surface area contributed by atoms with Crippen LogP contribution < -0.4 is 5.32 Å². The van der Waals surface area contributed by atoms with Gasteiger partial charge in [-0.05, 0) is 19.8 Å². The number of carbonyl (C=O) groups excluding carboxylic acids is 2. The summed E-state index contributed by atoms with van der Waals surface area (Å²) in [6.45, 7) is 7.64. The number of ether oxygens (including phenoxy) is 1. The summed E-state index contributed by atoms with van der Waals surface area (Å²) in [7, 11) is 0. The van der Waals surface area contributed by atoms with Crippen LogP contribution in [-0.2, 0) is 14.3 Å². The van der Waals surface area contributed by atoms with E-state index in [9.17, 15) is 9.59 Å². The van der Waals surface area contributed by atoms with Crippen molar-refractivity contribution in [3.05, 3.63) is 0 Å². The highest BCUT2D eigenvalue weighted by Crippen LogP contribution is 2.17. The predicted octanol–water partition coefficient (Wildman–Crippen LogP) is 0.930. The number of rotatable bonds is 7. The Morgan fingerprint density at radius 1 is 1.33 bits per heavy atom. The maximum atomic E-state index is 12.2. The molecule has 1 N–H and O–H groups in total. The van der Waals surface area contributed by atoms with Crippen LogP contribution in [0.1, 0.15) is 40.0 Å². The molecule has 5 nitrogen and oxygen atoms in total. The molecule has 104 valence electrons. The molecule has 1 fully saturated rings. The monoisotopic (exact) mass is 256 g/mol. The van der Waals surface area contributed by atoms with Crippen LogP contribution in [-0.4, -0.2) is 48.6 Å².